The van der Waals surface area contributed by atoms with E-state index in [1.54, 1.807) is 18.5 Å². The summed E-state index contributed by atoms with van der Waals surface area (Å²) in [6, 6.07) is 10.5. The van der Waals surface area contributed by atoms with Crippen molar-refractivity contribution in [3.8, 4) is 0 Å². The lowest BCUT2D eigenvalue weighted by Crippen LogP contribution is -2.53. The minimum atomic E-state index is -4.56. The van der Waals surface area contributed by atoms with Crippen molar-refractivity contribution in [3.63, 3.8) is 0 Å². The highest BCUT2D eigenvalue weighted by Gasteiger charge is 2.53. The van der Waals surface area contributed by atoms with Crippen LogP contribution in [0.1, 0.15) is 83.4 Å². The Kier molecular flexibility index (Phi) is 6.10. The number of halogens is 3. The topological polar surface area (TPSA) is 72.3 Å². The van der Waals surface area contributed by atoms with Crippen LogP contribution in [0, 0.1) is 11.3 Å². The summed E-state index contributed by atoms with van der Waals surface area (Å²) in [5, 5.41) is 11.9. The van der Waals surface area contributed by atoms with Gasteiger partial charge in [0.15, 0.2) is 0 Å². The zero-order valence-corrected chi connectivity index (χ0v) is 23.3. The Hall–Kier alpha value is -3.24. The van der Waals surface area contributed by atoms with Crippen molar-refractivity contribution in [1.82, 2.24) is 20.1 Å². The molecular weight excluding hydrogens is 531 g/mol. The maximum absolute atomic E-state index is 14.3. The number of benzene rings is 2. The molecule has 0 bridgehead atoms. The summed E-state index contributed by atoms with van der Waals surface area (Å²) < 4.78 is 50.2. The first-order chi connectivity index (χ1) is 19.5. The van der Waals surface area contributed by atoms with Crippen molar-refractivity contribution in [2.45, 2.75) is 69.8 Å². The summed E-state index contributed by atoms with van der Waals surface area (Å²) in [5.41, 5.74) is 1.70. The number of nitrogens with zero attached hydrogens (tertiary/aromatic N) is 4. The number of hydrogen-bond acceptors (Lipinski definition) is 5. The molecule has 3 aromatic rings. The Bertz CT molecular complexity index is 1500. The summed E-state index contributed by atoms with van der Waals surface area (Å²) in [6.07, 6.45) is 2.28. The van der Waals surface area contributed by atoms with Gasteiger partial charge in [-0.15, -0.1) is 10.2 Å². The number of rotatable bonds is 7. The number of hydrogen-bond donors (Lipinski definition) is 1. The predicted octanol–water partition coefficient (Wildman–Crippen LogP) is 5.59. The van der Waals surface area contributed by atoms with Gasteiger partial charge in [0.1, 0.15) is 12.2 Å². The minimum absolute atomic E-state index is 0.0370. The number of nitrogens with one attached hydrogen (secondary N) is 1. The van der Waals surface area contributed by atoms with E-state index in [1.807, 2.05) is 29.8 Å². The van der Waals surface area contributed by atoms with Gasteiger partial charge in [-0.25, -0.2) is 0 Å². The lowest BCUT2D eigenvalue weighted by molar-refractivity contribution is -0.181. The quantitative estimate of drug-likeness (QED) is 0.405. The molecule has 1 atom stereocenters. The van der Waals surface area contributed by atoms with Gasteiger partial charge in [0.2, 0.25) is 0 Å². The third-order valence-corrected chi connectivity index (χ3v) is 9.83. The van der Waals surface area contributed by atoms with Crippen LogP contribution in [0.15, 0.2) is 42.7 Å². The molecule has 0 unspecified atom stereocenters. The van der Waals surface area contributed by atoms with Crippen LogP contribution >= 0.6 is 0 Å². The normalized spacial score (nSPS) is 21.8. The van der Waals surface area contributed by atoms with Gasteiger partial charge in [-0.1, -0.05) is 12.1 Å². The molecule has 2 aromatic carbocycles. The van der Waals surface area contributed by atoms with Gasteiger partial charge in [0, 0.05) is 41.7 Å². The molecule has 1 saturated heterocycles. The van der Waals surface area contributed by atoms with E-state index in [2.05, 4.69) is 22.4 Å². The molecule has 7 rings (SSSR count). The number of fused-ring (bicyclic) bond motifs is 1. The monoisotopic (exact) mass is 565 g/mol. The fourth-order valence-electron chi connectivity index (χ4n) is 7.24. The van der Waals surface area contributed by atoms with Gasteiger partial charge >= 0.3 is 6.18 Å². The van der Waals surface area contributed by atoms with Crippen LogP contribution in [0.4, 0.5) is 18.9 Å². The first-order valence-corrected chi connectivity index (χ1v) is 14.4. The average molecular weight is 566 g/mol. The molecule has 2 aliphatic carbocycles. The Morgan fingerprint density at radius 3 is 2.56 bits per heavy atom. The summed E-state index contributed by atoms with van der Waals surface area (Å²) in [6.45, 7) is 3.84. The largest absolute Gasteiger partial charge is 0.416 e. The Labute approximate surface area is 237 Å². The number of anilines is 1. The smallest absolute Gasteiger partial charge is 0.380 e. The van der Waals surface area contributed by atoms with E-state index in [9.17, 15) is 18.0 Å². The maximum atomic E-state index is 14.3. The van der Waals surface area contributed by atoms with Crippen LogP contribution in [0.2, 0.25) is 0 Å². The number of ether oxygens (including phenoxy) is 1. The highest BCUT2D eigenvalue weighted by molar-refractivity contribution is 6.10. The molecule has 0 radical (unpaired) electrons. The van der Waals surface area contributed by atoms with Crippen LogP contribution in [0.3, 0.4) is 0 Å². The number of aromatic nitrogens is 3. The molecule has 216 valence electrons. The second-order valence-electron chi connectivity index (χ2n) is 12.9. The third-order valence-electron chi connectivity index (χ3n) is 9.83. The molecule has 41 heavy (non-hydrogen) atoms. The lowest BCUT2D eigenvalue weighted by atomic mass is 9.56. The number of alkyl halides is 3. The fraction of sp³-hybridized carbons (Fsp3) is 0.516. The summed E-state index contributed by atoms with van der Waals surface area (Å²) in [4.78, 5) is 15.2. The van der Waals surface area contributed by atoms with Crippen LogP contribution in [0.25, 0.3) is 0 Å². The minimum Gasteiger partial charge on any atom is -0.380 e. The van der Waals surface area contributed by atoms with Gasteiger partial charge < -0.3 is 19.5 Å². The van der Waals surface area contributed by atoms with Crippen molar-refractivity contribution in [1.29, 1.82) is 0 Å². The lowest BCUT2D eigenvalue weighted by Gasteiger charge is -2.55. The van der Waals surface area contributed by atoms with E-state index in [4.69, 9.17) is 4.74 Å². The molecule has 1 N–H and O–H groups in total. The van der Waals surface area contributed by atoms with Crippen LogP contribution in [0.5, 0.6) is 0 Å². The highest BCUT2D eigenvalue weighted by atomic mass is 19.4. The SMILES string of the molecule is Cn1cnnc1[C@@H](c1cccc(N2Cc3c(cc(CNC4(C)CCC4)cc3C(F)(F)F)C2=O)c1)C1CC2(COC2)C1. The van der Waals surface area contributed by atoms with Crippen molar-refractivity contribution in [2.75, 3.05) is 18.1 Å². The Balaban J connectivity index is 1.20. The van der Waals surface area contributed by atoms with Gasteiger partial charge in [-0.05, 0) is 85.9 Å². The van der Waals surface area contributed by atoms with Crippen LogP contribution in [-0.2, 0) is 31.1 Å². The molecule has 3 fully saturated rings. The first-order valence-electron chi connectivity index (χ1n) is 14.4. The van der Waals surface area contributed by atoms with Gasteiger partial charge in [-0.3, -0.25) is 4.79 Å². The summed E-state index contributed by atoms with van der Waals surface area (Å²) in [5.74, 6) is 0.747. The zero-order valence-electron chi connectivity index (χ0n) is 23.3. The molecule has 7 nitrogen and oxygen atoms in total. The first kappa shape index (κ1) is 26.6. The van der Waals surface area contributed by atoms with Crippen molar-refractivity contribution in [3.05, 3.63) is 76.4 Å². The van der Waals surface area contributed by atoms with E-state index in [1.165, 1.54) is 11.0 Å². The Morgan fingerprint density at radius 1 is 1.17 bits per heavy atom. The predicted molar refractivity (Wildman–Crippen MR) is 146 cm³/mol. The average Bonchev–Trinajstić information content (AvgIpc) is 3.44. The maximum Gasteiger partial charge on any atom is 0.416 e. The number of aryl methyl sites for hydroxylation is 1. The molecule has 1 spiro atoms. The highest BCUT2D eigenvalue weighted by Crippen LogP contribution is 2.56. The van der Waals surface area contributed by atoms with E-state index in [0.717, 1.165) is 56.7 Å². The molecule has 3 heterocycles. The number of amides is 1. The van der Waals surface area contributed by atoms with E-state index in [-0.39, 0.29) is 34.5 Å². The van der Waals surface area contributed by atoms with Gasteiger partial charge in [0.05, 0.1) is 25.3 Å². The Morgan fingerprint density at radius 2 is 1.95 bits per heavy atom. The molecule has 1 aromatic heterocycles. The molecule has 4 aliphatic rings. The van der Waals surface area contributed by atoms with Crippen molar-refractivity contribution >= 4 is 11.6 Å². The molecule has 1 amide bonds. The zero-order chi connectivity index (χ0) is 28.6. The van der Waals surface area contributed by atoms with E-state index in [0.29, 0.717) is 23.7 Å². The molecule has 2 aliphatic heterocycles. The van der Waals surface area contributed by atoms with Crippen LogP contribution in [-0.4, -0.2) is 39.4 Å². The van der Waals surface area contributed by atoms with Gasteiger partial charge in [-0.2, -0.15) is 13.2 Å². The summed E-state index contributed by atoms with van der Waals surface area (Å²) >= 11 is 0. The van der Waals surface area contributed by atoms with Crippen LogP contribution < -0.4 is 10.2 Å². The standard InChI is InChI=1S/C31H34F3N5O2/c1-29(7-4-8-29)35-14-19-9-23-24(25(10-19)31(32,33)34)15-39(28(23)40)22-6-3-5-20(11-22)26(27-37-36-18-38(27)2)21-12-30(13-21)16-41-17-30/h3,5-6,9-11,18,21,26,35H,4,7-8,12-17H2,1-2H3/t26-/m0/s1. The molecule has 10 heteroatoms. The fourth-order valence-corrected chi connectivity index (χ4v) is 7.24. The van der Waals surface area contributed by atoms with E-state index < -0.39 is 17.6 Å². The number of carbonyl (C=O) groups is 1. The molecule has 2 saturated carbocycles. The van der Waals surface area contributed by atoms with Gasteiger partial charge in [0.25, 0.3) is 5.91 Å². The second-order valence-corrected chi connectivity index (χ2v) is 12.9. The molecular formula is C31H34F3N5O2. The van der Waals surface area contributed by atoms with Crippen molar-refractivity contribution in [2.24, 2.45) is 18.4 Å². The number of carbonyl (C=O) groups excluding carboxylic acids is 1. The van der Waals surface area contributed by atoms with Crippen molar-refractivity contribution < 1.29 is 22.7 Å². The second kappa shape index (κ2) is 9.39. The van der Waals surface area contributed by atoms with E-state index >= 15 is 0 Å². The summed E-state index contributed by atoms with van der Waals surface area (Å²) in [7, 11) is 1.92. The third kappa shape index (κ3) is 4.55.